The van der Waals surface area contributed by atoms with Crippen LogP contribution in [0.1, 0.15) is 131 Å². The average Bonchev–Trinajstić information content (AvgIpc) is 2.96. The van der Waals surface area contributed by atoms with Gasteiger partial charge in [0.05, 0.1) is 13.7 Å². The molecule has 0 heterocycles. The maximum absolute atomic E-state index is 13.1. The molecule has 0 saturated carbocycles. The first-order chi connectivity index (χ1) is 21.4. The van der Waals surface area contributed by atoms with E-state index in [1.54, 1.807) is 20.8 Å². The van der Waals surface area contributed by atoms with Gasteiger partial charge in [0.2, 0.25) is 11.8 Å². The van der Waals surface area contributed by atoms with E-state index in [4.69, 9.17) is 14.2 Å². The number of methoxy groups -OCH3 is 1. The fourth-order valence-electron chi connectivity index (χ4n) is 4.49. The van der Waals surface area contributed by atoms with Crippen LogP contribution in [0, 0.1) is 5.92 Å². The number of hydrogen-bond acceptors (Lipinski definition) is 8. The van der Waals surface area contributed by atoms with Crippen molar-refractivity contribution in [1.29, 1.82) is 0 Å². The summed E-state index contributed by atoms with van der Waals surface area (Å²) in [5.41, 5.74) is -0.741. The number of hydrogen-bond donors (Lipinski definition) is 3. The van der Waals surface area contributed by atoms with Crippen molar-refractivity contribution in [1.82, 2.24) is 16.0 Å². The van der Waals surface area contributed by atoms with Crippen LogP contribution in [0.3, 0.4) is 0 Å². The maximum atomic E-state index is 13.1. The number of nitrogens with one attached hydrogen (secondary N) is 3. The third kappa shape index (κ3) is 26.9. The Kier molecular flexibility index (Phi) is 25.9. The van der Waals surface area contributed by atoms with Gasteiger partial charge in [0.1, 0.15) is 11.6 Å². The number of alkyl carbamates (subject to hydrolysis) is 1. The van der Waals surface area contributed by atoms with Crippen LogP contribution in [-0.2, 0) is 28.6 Å². The number of amides is 3. The topological polar surface area (TPSA) is 132 Å². The van der Waals surface area contributed by atoms with Gasteiger partial charge in [0, 0.05) is 31.1 Å². The number of unbranched alkanes of at least 4 members (excludes halogenated alkanes) is 12. The van der Waals surface area contributed by atoms with Crippen molar-refractivity contribution in [2.45, 2.75) is 149 Å². The van der Waals surface area contributed by atoms with E-state index in [0.717, 1.165) is 12.8 Å². The number of rotatable bonds is 27. The molecule has 3 amide bonds. The second kappa shape index (κ2) is 27.1. The van der Waals surface area contributed by atoms with Gasteiger partial charge < -0.3 is 30.2 Å². The van der Waals surface area contributed by atoms with E-state index in [0.29, 0.717) is 25.3 Å². The summed E-state index contributed by atoms with van der Waals surface area (Å²) in [6.45, 7) is 12.2. The van der Waals surface area contributed by atoms with Crippen LogP contribution >= 0.6 is 11.8 Å². The number of carbonyl (C=O) groups excluding carboxylic acids is 4. The Morgan fingerprint density at radius 3 is 1.82 bits per heavy atom. The summed E-state index contributed by atoms with van der Waals surface area (Å²) in [6.07, 6.45) is 16.3. The molecule has 0 aromatic heterocycles. The minimum absolute atomic E-state index is 0.0298. The van der Waals surface area contributed by atoms with Gasteiger partial charge in [-0.25, -0.2) is 9.59 Å². The first kappa shape index (κ1) is 43.0. The van der Waals surface area contributed by atoms with Crippen LogP contribution in [0.15, 0.2) is 0 Å². The summed E-state index contributed by atoms with van der Waals surface area (Å²) in [5.74, 6) is -0.123. The second-order valence-corrected chi connectivity index (χ2v) is 14.3. The van der Waals surface area contributed by atoms with Gasteiger partial charge >= 0.3 is 12.1 Å². The summed E-state index contributed by atoms with van der Waals surface area (Å²) in [4.78, 5) is 50.1. The SMILES string of the molecule is CCCCCCCCCCCCCCCC(=O)NCCSC[C@H](NC(=O)OC(C)(C)C)C(=O)N[C@@H](COCC(C)C)C(=O)OC. The molecule has 0 aromatic rings. The smallest absolute Gasteiger partial charge is 0.408 e. The lowest BCUT2D eigenvalue weighted by atomic mass is 10.0. The van der Waals surface area contributed by atoms with Crippen molar-refractivity contribution in [3.63, 3.8) is 0 Å². The summed E-state index contributed by atoms with van der Waals surface area (Å²) >= 11 is 1.41. The Labute approximate surface area is 278 Å². The fourth-order valence-corrected chi connectivity index (χ4v) is 5.38. The molecule has 0 aromatic carbocycles. The molecule has 0 bridgehead atoms. The lowest BCUT2D eigenvalue weighted by Gasteiger charge is -2.25. The van der Waals surface area contributed by atoms with Gasteiger partial charge in [-0.3, -0.25) is 9.59 Å². The first-order valence-corrected chi connectivity index (χ1v) is 18.3. The molecular weight excluding hydrogens is 594 g/mol. The molecule has 0 radical (unpaired) electrons. The van der Waals surface area contributed by atoms with Crippen LogP contribution in [0.25, 0.3) is 0 Å². The van der Waals surface area contributed by atoms with Crippen LogP contribution in [0.4, 0.5) is 4.79 Å². The Hall–Kier alpha value is -2.01. The summed E-state index contributed by atoms with van der Waals surface area (Å²) in [7, 11) is 1.24. The summed E-state index contributed by atoms with van der Waals surface area (Å²) in [6, 6.07) is -1.98. The molecule has 0 rings (SSSR count). The van der Waals surface area contributed by atoms with E-state index in [1.807, 2.05) is 13.8 Å². The molecule has 0 saturated heterocycles. The summed E-state index contributed by atoms with van der Waals surface area (Å²) in [5, 5.41) is 8.18. The predicted octanol–water partition coefficient (Wildman–Crippen LogP) is 6.54. The fraction of sp³-hybridized carbons (Fsp3) is 0.882. The van der Waals surface area contributed by atoms with Crippen LogP contribution in [0.5, 0.6) is 0 Å². The Morgan fingerprint density at radius 1 is 0.756 bits per heavy atom. The molecule has 11 heteroatoms. The van der Waals surface area contributed by atoms with Crippen LogP contribution in [-0.4, -0.2) is 79.9 Å². The third-order valence-electron chi connectivity index (χ3n) is 6.91. The lowest BCUT2D eigenvalue weighted by molar-refractivity contribution is -0.147. The molecule has 0 aliphatic carbocycles. The van der Waals surface area contributed by atoms with Crippen molar-refractivity contribution < 1.29 is 33.4 Å². The molecule has 264 valence electrons. The Morgan fingerprint density at radius 2 is 1.31 bits per heavy atom. The Balaban J connectivity index is 4.43. The van der Waals surface area contributed by atoms with Crippen molar-refractivity contribution in [3.05, 3.63) is 0 Å². The minimum Gasteiger partial charge on any atom is -0.467 e. The highest BCUT2D eigenvalue weighted by Gasteiger charge is 2.29. The zero-order chi connectivity index (χ0) is 33.9. The molecule has 0 aliphatic heterocycles. The second-order valence-electron chi connectivity index (χ2n) is 13.1. The molecule has 0 fully saturated rings. The number of carbonyl (C=O) groups is 4. The van der Waals surface area contributed by atoms with E-state index in [9.17, 15) is 19.2 Å². The van der Waals surface area contributed by atoms with Crippen molar-refractivity contribution in [3.8, 4) is 0 Å². The van der Waals surface area contributed by atoms with E-state index < -0.39 is 35.7 Å². The molecule has 45 heavy (non-hydrogen) atoms. The van der Waals surface area contributed by atoms with Gasteiger partial charge in [-0.05, 0) is 33.1 Å². The van der Waals surface area contributed by atoms with E-state index >= 15 is 0 Å². The highest BCUT2D eigenvalue weighted by molar-refractivity contribution is 7.99. The largest absolute Gasteiger partial charge is 0.467 e. The third-order valence-corrected chi connectivity index (χ3v) is 7.97. The number of ether oxygens (including phenoxy) is 3. The van der Waals surface area contributed by atoms with Gasteiger partial charge in [0.15, 0.2) is 6.04 Å². The molecule has 0 aliphatic rings. The van der Waals surface area contributed by atoms with Gasteiger partial charge in [0.25, 0.3) is 0 Å². The van der Waals surface area contributed by atoms with E-state index in [2.05, 4.69) is 22.9 Å². The van der Waals surface area contributed by atoms with Gasteiger partial charge in [-0.2, -0.15) is 11.8 Å². The van der Waals surface area contributed by atoms with E-state index in [-0.39, 0.29) is 24.2 Å². The van der Waals surface area contributed by atoms with Crippen LogP contribution in [0.2, 0.25) is 0 Å². The molecule has 3 N–H and O–H groups in total. The predicted molar refractivity (Wildman–Crippen MR) is 183 cm³/mol. The maximum Gasteiger partial charge on any atom is 0.408 e. The van der Waals surface area contributed by atoms with Gasteiger partial charge in [-0.1, -0.05) is 97.8 Å². The van der Waals surface area contributed by atoms with Crippen molar-refractivity contribution in [2.75, 3.05) is 38.4 Å². The first-order valence-electron chi connectivity index (χ1n) is 17.2. The monoisotopic (exact) mass is 659 g/mol. The highest BCUT2D eigenvalue weighted by Crippen LogP contribution is 2.13. The Bertz CT molecular complexity index is 805. The molecule has 0 unspecified atom stereocenters. The lowest BCUT2D eigenvalue weighted by Crippen LogP contribution is -2.54. The number of thioether (sulfide) groups is 1. The quantitative estimate of drug-likeness (QED) is 0.0669. The van der Waals surface area contributed by atoms with Crippen LogP contribution < -0.4 is 16.0 Å². The molecule has 10 nitrogen and oxygen atoms in total. The standard InChI is InChI=1S/C34H65N3O7S/c1-8-9-10-11-12-13-14-15-16-17-18-19-20-21-30(38)35-22-23-45-26-29(37-33(41)44-34(4,5)6)31(39)36-28(32(40)42-7)25-43-24-27(2)3/h27-29H,8-26H2,1-7H3,(H,35,38)(H,36,39)(H,37,41)/t28-,29-/m0/s1. The highest BCUT2D eigenvalue weighted by atomic mass is 32.2. The average molecular weight is 660 g/mol. The van der Waals surface area contributed by atoms with E-state index in [1.165, 1.54) is 89.5 Å². The zero-order valence-electron chi connectivity index (χ0n) is 29.4. The van der Waals surface area contributed by atoms with Crippen molar-refractivity contribution in [2.24, 2.45) is 5.92 Å². The number of esters is 1. The molecule has 0 spiro atoms. The normalized spacial score (nSPS) is 12.8. The minimum atomic E-state index is -1.02. The van der Waals surface area contributed by atoms with Crippen molar-refractivity contribution >= 4 is 35.6 Å². The molecule has 2 atom stereocenters. The molecular formula is C34H65N3O7S. The summed E-state index contributed by atoms with van der Waals surface area (Å²) < 4.78 is 15.7. The van der Waals surface area contributed by atoms with Gasteiger partial charge in [-0.15, -0.1) is 0 Å². The zero-order valence-corrected chi connectivity index (χ0v) is 30.2.